The van der Waals surface area contributed by atoms with Gasteiger partial charge in [-0.2, -0.15) is 0 Å². The van der Waals surface area contributed by atoms with E-state index in [0.29, 0.717) is 6.61 Å². The molecule has 1 aliphatic heterocycles. The van der Waals surface area contributed by atoms with Crippen molar-refractivity contribution in [2.45, 2.75) is 45.2 Å². The number of aryl methyl sites for hydroxylation is 1. The first-order valence-electron chi connectivity index (χ1n) is 8.28. The summed E-state index contributed by atoms with van der Waals surface area (Å²) in [4.78, 5) is 12.2. The fourth-order valence-corrected chi connectivity index (χ4v) is 3.14. The second-order valence-electron chi connectivity index (χ2n) is 6.17. The quantitative estimate of drug-likeness (QED) is 0.908. The molecule has 23 heavy (non-hydrogen) atoms. The number of amides is 2. The Morgan fingerprint density at radius 2 is 2.09 bits per heavy atom. The van der Waals surface area contributed by atoms with Gasteiger partial charge in [-0.25, -0.2) is 4.79 Å². The Kier molecular flexibility index (Phi) is 4.86. The maximum Gasteiger partial charge on any atom is 0.315 e. The maximum atomic E-state index is 12.2. The van der Waals surface area contributed by atoms with Crippen molar-refractivity contribution in [3.63, 3.8) is 0 Å². The van der Waals surface area contributed by atoms with Gasteiger partial charge in [-0.05, 0) is 39.2 Å². The summed E-state index contributed by atoms with van der Waals surface area (Å²) in [7, 11) is 0. The van der Waals surface area contributed by atoms with Crippen LogP contribution < -0.4 is 10.6 Å². The number of hydrogen-bond acceptors (Lipinski definition) is 3. The number of furan rings is 1. The summed E-state index contributed by atoms with van der Waals surface area (Å²) >= 11 is 0. The molecule has 1 aromatic carbocycles. The van der Waals surface area contributed by atoms with Crippen molar-refractivity contribution in [1.82, 2.24) is 10.6 Å². The number of hydrogen-bond donors (Lipinski definition) is 2. The summed E-state index contributed by atoms with van der Waals surface area (Å²) in [5.41, 5.74) is 1.94. The van der Waals surface area contributed by atoms with Crippen LogP contribution in [0.2, 0.25) is 0 Å². The highest BCUT2D eigenvalue weighted by molar-refractivity contribution is 5.82. The van der Waals surface area contributed by atoms with Crippen LogP contribution in [0.15, 0.2) is 28.7 Å². The Morgan fingerprint density at radius 3 is 2.91 bits per heavy atom. The summed E-state index contributed by atoms with van der Waals surface area (Å²) < 4.78 is 11.3. The second-order valence-corrected chi connectivity index (χ2v) is 6.17. The molecule has 124 valence electrons. The number of urea groups is 1. The molecule has 0 radical (unpaired) electrons. The van der Waals surface area contributed by atoms with Gasteiger partial charge in [0.2, 0.25) is 0 Å². The third kappa shape index (κ3) is 3.67. The van der Waals surface area contributed by atoms with Gasteiger partial charge >= 0.3 is 6.03 Å². The van der Waals surface area contributed by atoms with Gasteiger partial charge in [-0.15, -0.1) is 0 Å². The van der Waals surface area contributed by atoms with Crippen molar-refractivity contribution in [2.24, 2.45) is 0 Å². The Labute approximate surface area is 136 Å². The maximum absolute atomic E-state index is 12.2. The van der Waals surface area contributed by atoms with Crippen molar-refractivity contribution in [3.8, 4) is 0 Å². The summed E-state index contributed by atoms with van der Waals surface area (Å²) in [6.45, 7) is 5.47. The van der Waals surface area contributed by atoms with E-state index in [0.717, 1.165) is 48.2 Å². The number of carbonyl (C=O) groups is 1. The SMILES string of the molecule is Cc1c([C@@H](C)NC(=O)NC2CCCOCC2)oc2ccccc12. The third-order valence-electron chi connectivity index (χ3n) is 4.41. The molecule has 1 saturated heterocycles. The number of fused-ring (bicyclic) bond motifs is 1. The van der Waals surface area contributed by atoms with Gasteiger partial charge in [-0.1, -0.05) is 18.2 Å². The molecule has 2 aromatic rings. The predicted octanol–water partition coefficient (Wildman–Crippen LogP) is 3.67. The summed E-state index contributed by atoms with van der Waals surface area (Å²) in [6.07, 6.45) is 2.82. The third-order valence-corrected chi connectivity index (χ3v) is 4.41. The van der Waals surface area contributed by atoms with E-state index in [1.54, 1.807) is 0 Å². The average molecular weight is 316 g/mol. The van der Waals surface area contributed by atoms with Gasteiger partial charge in [0, 0.05) is 30.2 Å². The lowest BCUT2D eigenvalue weighted by atomic mass is 10.1. The molecular formula is C18H24N2O3. The van der Waals surface area contributed by atoms with Crippen LogP contribution in [0.1, 0.15) is 43.6 Å². The highest BCUT2D eigenvalue weighted by Crippen LogP contribution is 2.29. The summed E-state index contributed by atoms with van der Waals surface area (Å²) in [5.74, 6) is 0.811. The smallest absolute Gasteiger partial charge is 0.315 e. The van der Waals surface area contributed by atoms with Gasteiger partial charge in [0.05, 0.1) is 6.04 Å². The first-order chi connectivity index (χ1) is 11.1. The van der Waals surface area contributed by atoms with Crippen LogP contribution in [-0.4, -0.2) is 25.3 Å². The summed E-state index contributed by atoms with van der Waals surface area (Å²) in [5, 5.41) is 7.12. The van der Waals surface area contributed by atoms with Crippen molar-refractivity contribution in [1.29, 1.82) is 0 Å². The first-order valence-corrected chi connectivity index (χ1v) is 8.28. The normalized spacial score (nSPS) is 20.0. The van der Waals surface area contributed by atoms with E-state index >= 15 is 0 Å². The molecule has 1 fully saturated rings. The highest BCUT2D eigenvalue weighted by atomic mass is 16.5. The molecule has 0 saturated carbocycles. The molecule has 1 aromatic heterocycles. The molecule has 2 atom stereocenters. The summed E-state index contributed by atoms with van der Waals surface area (Å²) in [6, 6.07) is 7.79. The van der Waals surface area contributed by atoms with Crippen molar-refractivity contribution in [3.05, 3.63) is 35.6 Å². The lowest BCUT2D eigenvalue weighted by molar-refractivity contribution is 0.142. The Hall–Kier alpha value is -2.01. The van der Waals surface area contributed by atoms with Crippen LogP contribution in [-0.2, 0) is 4.74 Å². The zero-order chi connectivity index (χ0) is 16.2. The monoisotopic (exact) mass is 316 g/mol. The number of nitrogens with one attached hydrogen (secondary N) is 2. The predicted molar refractivity (Wildman–Crippen MR) is 89.5 cm³/mol. The van der Waals surface area contributed by atoms with Gasteiger partial charge in [0.1, 0.15) is 11.3 Å². The molecule has 2 N–H and O–H groups in total. The minimum atomic E-state index is -0.176. The number of rotatable bonds is 3. The molecule has 2 heterocycles. The van der Waals surface area contributed by atoms with Crippen LogP contribution in [0.5, 0.6) is 0 Å². The number of ether oxygens (including phenoxy) is 1. The minimum Gasteiger partial charge on any atom is -0.459 e. The second kappa shape index (κ2) is 7.04. The molecule has 0 aliphatic carbocycles. The van der Waals surface area contributed by atoms with Gasteiger partial charge in [0.25, 0.3) is 0 Å². The van der Waals surface area contributed by atoms with Gasteiger partial charge < -0.3 is 19.8 Å². The number of carbonyl (C=O) groups excluding carboxylic acids is 1. The number of para-hydroxylation sites is 1. The Morgan fingerprint density at radius 1 is 1.26 bits per heavy atom. The van der Waals surface area contributed by atoms with Crippen molar-refractivity contribution < 1.29 is 13.9 Å². The lowest BCUT2D eigenvalue weighted by Gasteiger charge is -2.18. The van der Waals surface area contributed by atoms with Crippen LogP contribution in [0, 0.1) is 6.92 Å². The molecule has 1 unspecified atom stereocenters. The van der Waals surface area contributed by atoms with Crippen LogP contribution in [0.25, 0.3) is 11.0 Å². The molecular weight excluding hydrogens is 292 g/mol. The first kappa shape index (κ1) is 15.9. The largest absolute Gasteiger partial charge is 0.459 e. The fraction of sp³-hybridized carbons (Fsp3) is 0.500. The number of benzene rings is 1. The van der Waals surface area contributed by atoms with Crippen molar-refractivity contribution in [2.75, 3.05) is 13.2 Å². The molecule has 2 amide bonds. The molecule has 0 spiro atoms. The van der Waals surface area contributed by atoms with E-state index in [-0.39, 0.29) is 18.1 Å². The minimum absolute atomic E-state index is 0.149. The van der Waals surface area contributed by atoms with E-state index in [4.69, 9.17) is 9.15 Å². The van der Waals surface area contributed by atoms with E-state index in [1.165, 1.54) is 0 Å². The Balaban J connectivity index is 1.64. The van der Waals surface area contributed by atoms with Gasteiger partial charge in [-0.3, -0.25) is 0 Å². The Bertz CT molecular complexity index is 672. The fourth-order valence-electron chi connectivity index (χ4n) is 3.14. The van der Waals surface area contributed by atoms with Crippen LogP contribution in [0.3, 0.4) is 0 Å². The standard InChI is InChI=1S/C18H24N2O3/c1-12-15-7-3-4-8-16(15)23-17(12)13(2)19-18(21)20-14-6-5-10-22-11-9-14/h3-4,7-8,13-14H,5-6,9-11H2,1-2H3,(H2,19,20,21)/t13-,14?/m1/s1. The molecule has 5 heteroatoms. The zero-order valence-corrected chi connectivity index (χ0v) is 13.7. The van der Waals surface area contributed by atoms with E-state index in [2.05, 4.69) is 10.6 Å². The van der Waals surface area contributed by atoms with Crippen LogP contribution >= 0.6 is 0 Å². The van der Waals surface area contributed by atoms with Crippen LogP contribution in [0.4, 0.5) is 4.79 Å². The highest BCUT2D eigenvalue weighted by Gasteiger charge is 2.20. The topological polar surface area (TPSA) is 63.5 Å². The van der Waals surface area contributed by atoms with E-state index < -0.39 is 0 Å². The van der Waals surface area contributed by atoms with E-state index in [9.17, 15) is 4.79 Å². The lowest BCUT2D eigenvalue weighted by Crippen LogP contribution is -2.43. The zero-order valence-electron chi connectivity index (χ0n) is 13.7. The average Bonchev–Trinajstić information content (AvgIpc) is 2.71. The molecule has 3 rings (SSSR count). The molecule has 5 nitrogen and oxygen atoms in total. The molecule has 0 bridgehead atoms. The van der Waals surface area contributed by atoms with Gasteiger partial charge in [0.15, 0.2) is 0 Å². The molecule has 1 aliphatic rings. The van der Waals surface area contributed by atoms with Crippen molar-refractivity contribution >= 4 is 17.0 Å². The van der Waals surface area contributed by atoms with E-state index in [1.807, 2.05) is 38.1 Å².